The molecule has 1 aliphatic heterocycles. The molecular formula is C18H28O6. The molecule has 0 amide bonds. The van der Waals surface area contributed by atoms with Gasteiger partial charge in [0.1, 0.15) is 5.75 Å². The Morgan fingerprint density at radius 2 is 1.33 bits per heavy atom. The highest BCUT2D eigenvalue weighted by Crippen LogP contribution is 2.14. The molecule has 136 valence electrons. The maximum absolute atomic E-state index is 5.92. The summed E-state index contributed by atoms with van der Waals surface area (Å²) in [5.74, 6) is 0.853. The van der Waals surface area contributed by atoms with Crippen molar-refractivity contribution in [3.63, 3.8) is 0 Å². The van der Waals surface area contributed by atoms with Gasteiger partial charge in [0.05, 0.1) is 72.7 Å². The lowest BCUT2D eigenvalue weighted by Crippen LogP contribution is -2.25. The summed E-state index contributed by atoms with van der Waals surface area (Å²) in [4.78, 5) is 0. The molecule has 2 rings (SSSR count). The SMILES string of the molecule is COc1ccc(CC2COCCOCCOCCOCCO2)cc1. The van der Waals surface area contributed by atoms with Crippen molar-refractivity contribution < 1.29 is 28.4 Å². The molecule has 1 unspecified atom stereocenters. The van der Waals surface area contributed by atoms with Gasteiger partial charge in [0.15, 0.2) is 0 Å². The van der Waals surface area contributed by atoms with Crippen LogP contribution in [-0.4, -0.2) is 72.7 Å². The van der Waals surface area contributed by atoms with E-state index in [0.717, 1.165) is 12.2 Å². The minimum absolute atomic E-state index is 0.0108. The van der Waals surface area contributed by atoms with E-state index in [1.165, 1.54) is 5.56 Å². The van der Waals surface area contributed by atoms with E-state index < -0.39 is 0 Å². The largest absolute Gasteiger partial charge is 0.497 e. The van der Waals surface area contributed by atoms with E-state index >= 15 is 0 Å². The molecule has 0 aromatic heterocycles. The Hall–Kier alpha value is -1.18. The summed E-state index contributed by atoms with van der Waals surface area (Å²) in [6.45, 7) is 5.06. The normalized spacial score (nSPS) is 22.3. The van der Waals surface area contributed by atoms with Gasteiger partial charge in [-0.2, -0.15) is 0 Å². The fraction of sp³-hybridized carbons (Fsp3) is 0.667. The van der Waals surface area contributed by atoms with Crippen molar-refractivity contribution in [3.8, 4) is 5.75 Å². The Bertz CT molecular complexity index is 406. The second-order valence-electron chi connectivity index (χ2n) is 5.46. The average Bonchev–Trinajstić information content (AvgIpc) is 2.62. The van der Waals surface area contributed by atoms with E-state index in [2.05, 4.69) is 12.1 Å². The van der Waals surface area contributed by atoms with Crippen LogP contribution < -0.4 is 4.74 Å². The van der Waals surface area contributed by atoms with Crippen LogP contribution in [0.2, 0.25) is 0 Å². The molecule has 0 N–H and O–H groups in total. The lowest BCUT2D eigenvalue weighted by atomic mass is 10.1. The Morgan fingerprint density at radius 1 is 0.792 bits per heavy atom. The van der Waals surface area contributed by atoms with Crippen molar-refractivity contribution in [2.75, 3.05) is 66.6 Å². The zero-order chi connectivity index (χ0) is 16.9. The molecule has 0 aliphatic carbocycles. The first kappa shape index (κ1) is 19.1. The van der Waals surface area contributed by atoms with Crippen molar-refractivity contribution in [3.05, 3.63) is 29.8 Å². The Labute approximate surface area is 143 Å². The molecule has 0 spiro atoms. The van der Waals surface area contributed by atoms with E-state index in [1.54, 1.807) is 7.11 Å². The monoisotopic (exact) mass is 340 g/mol. The van der Waals surface area contributed by atoms with Gasteiger partial charge in [-0.25, -0.2) is 0 Å². The van der Waals surface area contributed by atoms with Crippen LogP contribution >= 0.6 is 0 Å². The van der Waals surface area contributed by atoms with Gasteiger partial charge in [0.25, 0.3) is 0 Å². The standard InChI is InChI=1S/C18H28O6/c1-19-17-4-2-16(3-5-17)14-18-15-23-11-10-21-7-6-20-8-9-22-12-13-24-18/h2-5,18H,6-15H2,1H3. The quantitative estimate of drug-likeness (QED) is 0.835. The molecule has 1 aromatic carbocycles. The summed E-state index contributed by atoms with van der Waals surface area (Å²) in [6, 6.07) is 8.02. The van der Waals surface area contributed by atoms with Gasteiger partial charge in [-0.1, -0.05) is 12.1 Å². The first-order chi connectivity index (χ1) is 11.9. The highest BCUT2D eigenvalue weighted by molar-refractivity contribution is 5.27. The highest BCUT2D eigenvalue weighted by Gasteiger charge is 2.11. The van der Waals surface area contributed by atoms with E-state index in [9.17, 15) is 0 Å². The highest BCUT2D eigenvalue weighted by atomic mass is 16.6. The topological polar surface area (TPSA) is 55.4 Å². The molecule has 0 saturated carbocycles. The molecule has 1 heterocycles. The summed E-state index contributed by atoms with van der Waals surface area (Å²) in [6.07, 6.45) is 0.775. The van der Waals surface area contributed by atoms with E-state index in [-0.39, 0.29) is 6.10 Å². The van der Waals surface area contributed by atoms with Gasteiger partial charge in [0.2, 0.25) is 0 Å². The van der Waals surface area contributed by atoms with Gasteiger partial charge in [0, 0.05) is 6.42 Å². The number of hydrogen-bond donors (Lipinski definition) is 0. The Balaban J connectivity index is 1.81. The van der Waals surface area contributed by atoms with Crippen LogP contribution in [0.1, 0.15) is 5.56 Å². The molecule has 1 aromatic rings. The molecule has 24 heavy (non-hydrogen) atoms. The first-order valence-electron chi connectivity index (χ1n) is 8.44. The van der Waals surface area contributed by atoms with Crippen LogP contribution in [0.5, 0.6) is 5.75 Å². The second kappa shape index (κ2) is 12.2. The van der Waals surface area contributed by atoms with Crippen LogP contribution in [0.15, 0.2) is 24.3 Å². The summed E-state index contributed by atoms with van der Waals surface area (Å²) >= 11 is 0. The van der Waals surface area contributed by atoms with Crippen molar-refractivity contribution in [2.45, 2.75) is 12.5 Å². The number of ether oxygens (including phenoxy) is 6. The fourth-order valence-electron chi connectivity index (χ4n) is 2.34. The molecule has 6 nitrogen and oxygen atoms in total. The van der Waals surface area contributed by atoms with Crippen molar-refractivity contribution in [1.29, 1.82) is 0 Å². The van der Waals surface area contributed by atoms with E-state index in [0.29, 0.717) is 59.5 Å². The fourth-order valence-corrected chi connectivity index (χ4v) is 2.34. The van der Waals surface area contributed by atoms with Gasteiger partial charge in [-0.15, -0.1) is 0 Å². The third-order valence-corrected chi connectivity index (χ3v) is 3.62. The zero-order valence-corrected chi connectivity index (χ0v) is 14.4. The van der Waals surface area contributed by atoms with Crippen LogP contribution in [0.3, 0.4) is 0 Å². The molecule has 0 bridgehead atoms. The predicted molar refractivity (Wildman–Crippen MR) is 89.7 cm³/mol. The predicted octanol–water partition coefficient (Wildman–Crippen LogP) is 1.70. The third kappa shape index (κ3) is 8.08. The lowest BCUT2D eigenvalue weighted by Gasteiger charge is -2.18. The van der Waals surface area contributed by atoms with Gasteiger partial charge >= 0.3 is 0 Å². The Morgan fingerprint density at radius 3 is 1.92 bits per heavy atom. The van der Waals surface area contributed by atoms with Crippen LogP contribution in [-0.2, 0) is 30.1 Å². The third-order valence-electron chi connectivity index (χ3n) is 3.62. The smallest absolute Gasteiger partial charge is 0.118 e. The molecular weight excluding hydrogens is 312 g/mol. The number of methoxy groups -OCH3 is 1. The second-order valence-corrected chi connectivity index (χ2v) is 5.46. The average molecular weight is 340 g/mol. The van der Waals surface area contributed by atoms with Gasteiger partial charge in [-0.3, -0.25) is 0 Å². The summed E-state index contributed by atoms with van der Waals surface area (Å²) in [5.41, 5.74) is 1.19. The molecule has 0 radical (unpaired) electrons. The van der Waals surface area contributed by atoms with Crippen molar-refractivity contribution in [1.82, 2.24) is 0 Å². The van der Waals surface area contributed by atoms with E-state index in [4.69, 9.17) is 28.4 Å². The van der Waals surface area contributed by atoms with E-state index in [1.807, 2.05) is 12.1 Å². The number of rotatable bonds is 3. The summed E-state index contributed by atoms with van der Waals surface area (Å²) in [7, 11) is 1.67. The zero-order valence-electron chi connectivity index (χ0n) is 14.4. The van der Waals surface area contributed by atoms with Crippen LogP contribution in [0.4, 0.5) is 0 Å². The van der Waals surface area contributed by atoms with Gasteiger partial charge < -0.3 is 28.4 Å². The molecule has 1 atom stereocenters. The van der Waals surface area contributed by atoms with Gasteiger partial charge in [-0.05, 0) is 17.7 Å². The maximum Gasteiger partial charge on any atom is 0.118 e. The lowest BCUT2D eigenvalue weighted by molar-refractivity contribution is -0.0450. The molecule has 1 saturated heterocycles. The minimum atomic E-state index is -0.0108. The first-order valence-corrected chi connectivity index (χ1v) is 8.44. The van der Waals surface area contributed by atoms with Crippen molar-refractivity contribution >= 4 is 0 Å². The maximum atomic E-state index is 5.92. The number of benzene rings is 1. The summed E-state index contributed by atoms with van der Waals surface area (Å²) in [5, 5.41) is 0. The molecule has 1 fully saturated rings. The summed E-state index contributed by atoms with van der Waals surface area (Å²) < 4.78 is 33.1. The van der Waals surface area contributed by atoms with Crippen LogP contribution in [0, 0.1) is 0 Å². The van der Waals surface area contributed by atoms with Crippen LogP contribution in [0.25, 0.3) is 0 Å². The van der Waals surface area contributed by atoms with Crippen molar-refractivity contribution in [2.24, 2.45) is 0 Å². The molecule has 6 heteroatoms. The molecule has 1 aliphatic rings. The number of hydrogen-bond acceptors (Lipinski definition) is 6. The Kier molecular flexibility index (Phi) is 9.75. The minimum Gasteiger partial charge on any atom is -0.497 e.